The van der Waals surface area contributed by atoms with Crippen molar-refractivity contribution in [3.05, 3.63) is 91.0 Å². The number of nitrogens with two attached hydrogens (primary N) is 1. The molecule has 0 unspecified atom stereocenters. The molecule has 18 nitrogen and oxygen atoms in total. The number of para-hydroxylation sites is 3. The SMILES string of the molecule is CC(C)O.CCCCCCCCCCCC(=O)O.CCCCCCCCCCCC(=O)O.CN(C)C(CCN)N(C)C.O=C(O)CC(O)(CC(=O)O)C(=O)O.c1ccc(OP(Oc2ccccc2)Oc2ccccc2)cc1. The van der Waals surface area contributed by atoms with Crippen molar-refractivity contribution in [3.63, 3.8) is 0 Å². The van der Waals surface area contributed by atoms with Crippen LogP contribution in [-0.4, -0.2) is 128 Å². The van der Waals surface area contributed by atoms with Crippen LogP contribution in [0.5, 0.6) is 17.2 Å². The molecule has 440 valence electrons. The van der Waals surface area contributed by atoms with Gasteiger partial charge in [0.1, 0.15) is 17.2 Å². The molecule has 0 fully saturated rings. The number of carbonyl (C=O) groups is 5. The monoisotopic (exact) mass is 1110 g/mol. The van der Waals surface area contributed by atoms with Crippen LogP contribution in [0.3, 0.4) is 0 Å². The van der Waals surface area contributed by atoms with Gasteiger partial charge in [-0.2, -0.15) is 0 Å². The number of aliphatic hydroxyl groups is 2. The van der Waals surface area contributed by atoms with E-state index in [1.807, 2.05) is 91.0 Å². The second-order valence-electron chi connectivity index (χ2n) is 18.9. The highest BCUT2D eigenvalue weighted by Crippen LogP contribution is 2.42. The third-order valence-electron chi connectivity index (χ3n) is 10.7. The van der Waals surface area contributed by atoms with Crippen LogP contribution >= 0.6 is 8.60 Å². The van der Waals surface area contributed by atoms with Gasteiger partial charge in [-0.25, -0.2) is 4.79 Å². The normalized spacial score (nSPS) is 10.5. The number of aliphatic hydroxyl groups excluding tert-OH is 1. The number of carboxylic acid groups (broad SMARTS) is 5. The van der Waals surface area contributed by atoms with Gasteiger partial charge in [-0.1, -0.05) is 171 Å². The van der Waals surface area contributed by atoms with E-state index in [2.05, 4.69) is 51.8 Å². The molecular weight excluding hydrogens is 1010 g/mol. The molecule has 9 N–H and O–H groups in total. The Bertz CT molecular complexity index is 1710. The molecule has 0 aromatic heterocycles. The Balaban J connectivity index is -0.000000897. The molecule has 0 bridgehead atoms. The number of nitrogens with zero attached hydrogens (tertiary/aromatic N) is 2. The summed E-state index contributed by atoms with van der Waals surface area (Å²) >= 11 is 0. The summed E-state index contributed by atoms with van der Waals surface area (Å²) in [7, 11) is 6.69. The Morgan fingerprint density at radius 2 is 0.753 bits per heavy atom. The first-order chi connectivity index (χ1) is 36.5. The third-order valence-corrected chi connectivity index (χ3v) is 11.7. The zero-order valence-electron chi connectivity index (χ0n) is 47.6. The number of rotatable bonds is 35. The van der Waals surface area contributed by atoms with E-state index < -0.39 is 56.9 Å². The molecule has 0 aliphatic carbocycles. The number of benzene rings is 3. The fourth-order valence-corrected chi connectivity index (χ4v) is 7.77. The first kappa shape index (κ1) is 75.9. The van der Waals surface area contributed by atoms with Crippen molar-refractivity contribution in [2.45, 2.75) is 193 Å². The zero-order chi connectivity index (χ0) is 58.7. The summed E-state index contributed by atoms with van der Waals surface area (Å²) in [6.07, 6.45) is 22.0. The summed E-state index contributed by atoms with van der Waals surface area (Å²) < 4.78 is 17.5. The van der Waals surface area contributed by atoms with Gasteiger partial charge >= 0.3 is 38.4 Å². The van der Waals surface area contributed by atoms with Crippen molar-refractivity contribution < 1.29 is 73.3 Å². The number of unbranched alkanes of at least 4 members (excludes halogenated alkanes) is 16. The fourth-order valence-electron chi connectivity index (χ4n) is 6.77. The molecule has 77 heavy (non-hydrogen) atoms. The molecule has 0 aliphatic rings. The van der Waals surface area contributed by atoms with Gasteiger partial charge in [0.15, 0.2) is 5.60 Å². The van der Waals surface area contributed by atoms with Gasteiger partial charge in [-0.15, -0.1) is 0 Å². The average Bonchev–Trinajstić information content (AvgIpc) is 3.35. The van der Waals surface area contributed by atoms with Crippen LogP contribution in [-0.2, 0) is 24.0 Å². The van der Waals surface area contributed by atoms with Crippen molar-refractivity contribution in [2.75, 3.05) is 34.7 Å². The van der Waals surface area contributed by atoms with Crippen LogP contribution in [0.1, 0.15) is 175 Å². The highest BCUT2D eigenvalue weighted by Gasteiger charge is 2.40. The van der Waals surface area contributed by atoms with Crippen molar-refractivity contribution in [1.29, 1.82) is 0 Å². The van der Waals surface area contributed by atoms with Gasteiger partial charge in [0.2, 0.25) is 0 Å². The number of aliphatic carboxylic acids is 5. The van der Waals surface area contributed by atoms with Gasteiger partial charge in [0, 0.05) is 18.9 Å². The van der Waals surface area contributed by atoms with E-state index in [4.69, 9.17) is 55.1 Å². The van der Waals surface area contributed by atoms with E-state index in [0.717, 1.165) is 38.6 Å². The molecule has 0 amide bonds. The summed E-state index contributed by atoms with van der Waals surface area (Å²) in [4.78, 5) is 55.2. The summed E-state index contributed by atoms with van der Waals surface area (Å²) in [5.74, 6) is -4.21. The quantitative estimate of drug-likeness (QED) is 0.0154. The second-order valence-corrected chi connectivity index (χ2v) is 19.9. The van der Waals surface area contributed by atoms with E-state index in [0.29, 0.717) is 36.3 Å². The van der Waals surface area contributed by atoms with Gasteiger partial charge in [0.25, 0.3) is 0 Å². The minimum Gasteiger partial charge on any atom is -0.481 e. The first-order valence-corrected chi connectivity index (χ1v) is 28.2. The molecule has 19 heteroatoms. The molecule has 0 atom stereocenters. The molecule has 3 rings (SSSR count). The van der Waals surface area contributed by atoms with Gasteiger partial charge in [-0.3, -0.25) is 29.0 Å². The van der Waals surface area contributed by atoms with Crippen LogP contribution in [0, 0.1) is 0 Å². The van der Waals surface area contributed by atoms with Gasteiger partial charge in [-0.05, 0) is 104 Å². The van der Waals surface area contributed by atoms with E-state index >= 15 is 0 Å². The Morgan fingerprint density at radius 3 is 0.948 bits per heavy atom. The Morgan fingerprint density at radius 1 is 0.494 bits per heavy atom. The minimum atomic E-state index is -2.74. The number of carboxylic acids is 5. The Hall–Kier alpha value is -5.36. The van der Waals surface area contributed by atoms with Gasteiger partial charge < -0.3 is 55.1 Å². The van der Waals surface area contributed by atoms with Crippen LogP contribution in [0.15, 0.2) is 91.0 Å². The molecule has 0 saturated carbocycles. The third kappa shape index (κ3) is 52.5. The molecule has 0 saturated heterocycles. The number of hydrogen-bond acceptors (Lipinski definition) is 13. The highest BCUT2D eigenvalue weighted by atomic mass is 31.2. The maximum Gasteiger partial charge on any atom is 0.530 e. The van der Waals surface area contributed by atoms with E-state index in [-0.39, 0.29) is 6.10 Å². The number of hydrogen-bond donors (Lipinski definition) is 8. The predicted octanol–water partition coefficient (Wildman–Crippen LogP) is 12.4. The standard InChI is InChI=1S/C18H15O3P.2C12H24O2.C7H19N3.C6H8O7.C3H8O/c1-4-10-16(11-5-1)19-22(20-17-12-6-2-7-13-17)21-18-14-8-3-9-15-18;2*1-2-3-4-5-6-7-8-9-10-11-12(13)14;1-9(2)7(5-6-8)10(3)4;7-3(8)1-6(13,5(11)12)2-4(9)10;1-3(2)4/h1-15H;2*2-11H2,1H3,(H,13,14);7H,5-6,8H2,1-4H3;13H,1-2H2,(H,7,8)(H,9,10)(H,11,12);3-4H,1-2H3. The van der Waals surface area contributed by atoms with Crippen LogP contribution in [0.2, 0.25) is 0 Å². The molecule has 0 heterocycles. The summed E-state index contributed by atoms with van der Waals surface area (Å²) in [6, 6.07) is 28.5. The van der Waals surface area contributed by atoms with Crippen LogP contribution in [0.25, 0.3) is 0 Å². The molecule has 0 radical (unpaired) electrons. The molecule has 3 aromatic rings. The molecule has 0 aliphatic heterocycles. The summed E-state index contributed by atoms with van der Waals surface area (Å²) in [5, 5.41) is 58.7. The molecule has 0 spiro atoms. The van der Waals surface area contributed by atoms with E-state index in [9.17, 15) is 24.0 Å². The highest BCUT2D eigenvalue weighted by molar-refractivity contribution is 7.43. The van der Waals surface area contributed by atoms with Crippen molar-refractivity contribution >= 4 is 38.4 Å². The Kier molecular flexibility index (Phi) is 50.6. The molecule has 3 aromatic carbocycles. The van der Waals surface area contributed by atoms with E-state index in [1.54, 1.807) is 13.8 Å². The fraction of sp³-hybridized carbons (Fsp3) is 0.603. The second kappa shape index (κ2) is 51.4. The van der Waals surface area contributed by atoms with Gasteiger partial charge in [0.05, 0.1) is 19.0 Å². The summed E-state index contributed by atoms with van der Waals surface area (Å²) in [6.45, 7) is 8.65. The van der Waals surface area contributed by atoms with E-state index in [1.165, 1.54) is 89.9 Å². The lowest BCUT2D eigenvalue weighted by Crippen LogP contribution is -2.42. The maximum atomic E-state index is 10.3. The largest absolute Gasteiger partial charge is 0.530 e. The van der Waals surface area contributed by atoms with Crippen LogP contribution < -0.4 is 19.3 Å². The zero-order valence-corrected chi connectivity index (χ0v) is 48.5. The minimum absolute atomic E-state index is 0.167. The lowest BCUT2D eigenvalue weighted by atomic mass is 9.96. The topological polar surface area (TPSA) is 287 Å². The smallest absolute Gasteiger partial charge is 0.481 e. The lowest BCUT2D eigenvalue weighted by Gasteiger charge is -2.29. The first-order valence-electron chi connectivity index (χ1n) is 27.1. The average molecular weight is 1110 g/mol. The predicted molar refractivity (Wildman–Crippen MR) is 306 cm³/mol. The summed E-state index contributed by atoms with van der Waals surface area (Å²) in [5.41, 5.74) is 2.71. The van der Waals surface area contributed by atoms with Crippen molar-refractivity contribution in [1.82, 2.24) is 9.80 Å². The van der Waals surface area contributed by atoms with Crippen molar-refractivity contribution in [3.8, 4) is 17.2 Å². The molecular formula is C58H98N3O15P. The Labute approximate surface area is 461 Å². The van der Waals surface area contributed by atoms with Crippen LogP contribution in [0.4, 0.5) is 0 Å². The van der Waals surface area contributed by atoms with Crippen molar-refractivity contribution in [2.24, 2.45) is 5.73 Å². The maximum absolute atomic E-state index is 10.3. The lowest BCUT2D eigenvalue weighted by molar-refractivity contribution is -0.170.